The van der Waals surface area contributed by atoms with Crippen molar-refractivity contribution in [3.05, 3.63) is 0 Å². The van der Waals surface area contributed by atoms with Gasteiger partial charge in [-0.1, -0.05) is 0 Å². The minimum Gasteiger partial charge on any atom is -0.479 e. The first-order chi connectivity index (χ1) is 8.50. The zero-order valence-corrected chi connectivity index (χ0v) is 10.5. The highest BCUT2D eigenvalue weighted by molar-refractivity contribution is 5.76. The van der Waals surface area contributed by atoms with Crippen molar-refractivity contribution in [3.8, 4) is 0 Å². The molecule has 0 bridgehead atoms. The number of carbonyl (C=O) groups is 2. The molecule has 1 fully saturated rings. The number of aliphatic hydroxyl groups is 1. The summed E-state index contributed by atoms with van der Waals surface area (Å²) in [4.78, 5) is 23.5. The van der Waals surface area contributed by atoms with Crippen molar-refractivity contribution < 1.29 is 24.5 Å². The van der Waals surface area contributed by atoms with Crippen LogP contribution in [0.4, 0.5) is 4.79 Å². The molecular weight excluding hydrogens is 240 g/mol. The van der Waals surface area contributed by atoms with Crippen molar-refractivity contribution in [1.82, 2.24) is 10.2 Å². The summed E-state index contributed by atoms with van der Waals surface area (Å²) >= 11 is 0. The molecule has 7 heteroatoms. The Labute approximate surface area is 106 Å². The first kappa shape index (κ1) is 14.7. The Morgan fingerprint density at radius 1 is 1.56 bits per heavy atom. The molecule has 1 rings (SSSR count). The Morgan fingerprint density at radius 3 is 2.83 bits per heavy atom. The predicted molar refractivity (Wildman–Crippen MR) is 63.2 cm³/mol. The van der Waals surface area contributed by atoms with Crippen LogP contribution in [0.3, 0.4) is 0 Å². The first-order valence-electron chi connectivity index (χ1n) is 5.98. The third kappa shape index (κ3) is 4.89. The van der Waals surface area contributed by atoms with E-state index in [1.165, 1.54) is 4.90 Å². The van der Waals surface area contributed by atoms with E-state index in [0.29, 0.717) is 19.1 Å². The lowest BCUT2D eigenvalue weighted by atomic mass is 10.0. The molecule has 0 aromatic carbocycles. The SMILES string of the molecule is CN(CC1CCCOC1)C(=O)NC[C@H](O)C(=O)O. The van der Waals surface area contributed by atoms with Crippen molar-refractivity contribution in [2.24, 2.45) is 5.92 Å². The second-order valence-corrected chi connectivity index (χ2v) is 4.50. The van der Waals surface area contributed by atoms with E-state index in [9.17, 15) is 9.59 Å². The first-order valence-corrected chi connectivity index (χ1v) is 5.98. The number of urea groups is 1. The number of amides is 2. The Kier molecular flexibility index (Phi) is 5.87. The summed E-state index contributed by atoms with van der Waals surface area (Å²) in [6, 6.07) is -0.388. The highest BCUT2D eigenvalue weighted by Crippen LogP contribution is 2.14. The fraction of sp³-hybridized carbons (Fsp3) is 0.818. The van der Waals surface area contributed by atoms with E-state index in [-0.39, 0.29) is 12.6 Å². The van der Waals surface area contributed by atoms with Gasteiger partial charge in [0.2, 0.25) is 0 Å². The minimum atomic E-state index is -1.57. The zero-order chi connectivity index (χ0) is 13.5. The number of aliphatic hydroxyl groups excluding tert-OH is 1. The summed E-state index contributed by atoms with van der Waals surface area (Å²) in [5.41, 5.74) is 0. The normalized spacial score (nSPS) is 21.1. The molecule has 104 valence electrons. The van der Waals surface area contributed by atoms with E-state index in [0.717, 1.165) is 19.4 Å². The lowest BCUT2D eigenvalue weighted by molar-refractivity contribution is -0.146. The van der Waals surface area contributed by atoms with Crippen molar-refractivity contribution in [2.75, 3.05) is 33.4 Å². The van der Waals surface area contributed by atoms with Gasteiger partial charge in [-0.25, -0.2) is 9.59 Å². The van der Waals surface area contributed by atoms with E-state index in [2.05, 4.69) is 5.32 Å². The molecule has 2 amide bonds. The summed E-state index contributed by atoms with van der Waals surface area (Å²) in [6.07, 6.45) is 0.452. The zero-order valence-electron chi connectivity index (χ0n) is 10.5. The van der Waals surface area contributed by atoms with Crippen LogP contribution in [0.25, 0.3) is 0 Å². The van der Waals surface area contributed by atoms with E-state index in [4.69, 9.17) is 14.9 Å². The lowest BCUT2D eigenvalue weighted by Gasteiger charge is -2.27. The average molecular weight is 260 g/mol. The van der Waals surface area contributed by atoms with Gasteiger partial charge in [0.15, 0.2) is 6.10 Å². The Morgan fingerprint density at radius 2 is 2.28 bits per heavy atom. The maximum absolute atomic E-state index is 11.6. The number of nitrogens with one attached hydrogen (secondary N) is 1. The van der Waals surface area contributed by atoms with Crippen molar-refractivity contribution in [1.29, 1.82) is 0 Å². The molecule has 1 heterocycles. The van der Waals surface area contributed by atoms with Gasteiger partial charge >= 0.3 is 12.0 Å². The summed E-state index contributed by atoms with van der Waals surface area (Å²) < 4.78 is 5.32. The number of carbonyl (C=O) groups excluding carboxylic acids is 1. The van der Waals surface area contributed by atoms with Crippen LogP contribution in [-0.4, -0.2) is 66.6 Å². The molecule has 7 nitrogen and oxygen atoms in total. The highest BCUT2D eigenvalue weighted by atomic mass is 16.5. The fourth-order valence-corrected chi connectivity index (χ4v) is 1.83. The van der Waals surface area contributed by atoms with Gasteiger partial charge in [-0.05, 0) is 12.8 Å². The molecule has 0 radical (unpaired) electrons. The van der Waals surface area contributed by atoms with Gasteiger partial charge in [-0.3, -0.25) is 0 Å². The van der Waals surface area contributed by atoms with Crippen LogP contribution in [0.15, 0.2) is 0 Å². The molecule has 1 unspecified atom stereocenters. The second kappa shape index (κ2) is 7.17. The van der Waals surface area contributed by atoms with Crippen molar-refractivity contribution >= 4 is 12.0 Å². The topological polar surface area (TPSA) is 99.1 Å². The van der Waals surface area contributed by atoms with Gasteiger partial charge in [0.1, 0.15) is 0 Å². The van der Waals surface area contributed by atoms with Gasteiger partial charge in [0, 0.05) is 26.1 Å². The molecule has 3 N–H and O–H groups in total. The third-order valence-corrected chi connectivity index (χ3v) is 2.87. The van der Waals surface area contributed by atoms with E-state index in [1.54, 1.807) is 7.05 Å². The van der Waals surface area contributed by atoms with Crippen molar-refractivity contribution in [2.45, 2.75) is 18.9 Å². The molecule has 18 heavy (non-hydrogen) atoms. The van der Waals surface area contributed by atoms with Crippen LogP contribution in [0.2, 0.25) is 0 Å². The Bertz CT molecular complexity index is 291. The number of carboxylic acid groups (broad SMARTS) is 1. The number of ether oxygens (including phenoxy) is 1. The molecule has 0 aliphatic carbocycles. The van der Waals surface area contributed by atoms with Crippen molar-refractivity contribution in [3.63, 3.8) is 0 Å². The van der Waals surface area contributed by atoms with E-state index in [1.807, 2.05) is 0 Å². The highest BCUT2D eigenvalue weighted by Gasteiger charge is 2.20. The molecule has 2 atom stereocenters. The summed E-state index contributed by atoms with van der Waals surface area (Å²) in [6.45, 7) is 1.70. The smallest absolute Gasteiger partial charge is 0.334 e. The summed E-state index contributed by atoms with van der Waals surface area (Å²) in [5.74, 6) is -1.03. The summed E-state index contributed by atoms with van der Waals surface area (Å²) in [7, 11) is 1.64. The van der Waals surface area contributed by atoms with E-state index < -0.39 is 12.1 Å². The fourth-order valence-electron chi connectivity index (χ4n) is 1.83. The van der Waals surface area contributed by atoms with Gasteiger partial charge < -0.3 is 25.2 Å². The number of aliphatic carboxylic acids is 1. The lowest BCUT2D eigenvalue weighted by Crippen LogP contribution is -2.45. The van der Waals surface area contributed by atoms with Gasteiger partial charge in [-0.15, -0.1) is 0 Å². The maximum atomic E-state index is 11.6. The molecule has 1 aliphatic rings. The average Bonchev–Trinajstić information content (AvgIpc) is 2.36. The monoisotopic (exact) mass is 260 g/mol. The third-order valence-electron chi connectivity index (χ3n) is 2.87. The second-order valence-electron chi connectivity index (χ2n) is 4.50. The molecule has 1 aliphatic heterocycles. The van der Waals surface area contributed by atoms with Crippen LogP contribution in [0.5, 0.6) is 0 Å². The molecule has 0 aromatic heterocycles. The standard InChI is InChI=1S/C11H20N2O5/c1-13(6-8-3-2-4-18-7-8)11(17)12-5-9(14)10(15)16/h8-9,14H,2-7H2,1H3,(H,12,17)(H,15,16)/t8?,9-/m0/s1. The number of rotatable bonds is 5. The molecule has 1 saturated heterocycles. The number of hydrogen-bond acceptors (Lipinski definition) is 4. The van der Waals surface area contributed by atoms with Gasteiger partial charge in [0.25, 0.3) is 0 Å². The maximum Gasteiger partial charge on any atom is 0.334 e. The summed E-state index contributed by atoms with van der Waals surface area (Å²) in [5, 5.41) is 19.9. The van der Waals surface area contributed by atoms with E-state index >= 15 is 0 Å². The van der Waals surface area contributed by atoms with Crippen LogP contribution < -0.4 is 5.32 Å². The van der Waals surface area contributed by atoms with Gasteiger partial charge in [0.05, 0.1) is 13.2 Å². The largest absolute Gasteiger partial charge is 0.479 e. The minimum absolute atomic E-state index is 0.292. The van der Waals surface area contributed by atoms with Crippen LogP contribution in [-0.2, 0) is 9.53 Å². The molecule has 0 spiro atoms. The molecular formula is C11H20N2O5. The number of carboxylic acids is 1. The predicted octanol–water partition coefficient (Wildman–Crippen LogP) is -0.500. The van der Waals surface area contributed by atoms with Crippen LogP contribution in [0, 0.1) is 5.92 Å². The van der Waals surface area contributed by atoms with Gasteiger partial charge in [-0.2, -0.15) is 0 Å². The quantitative estimate of drug-likeness (QED) is 0.619. The Balaban J connectivity index is 2.25. The van der Waals surface area contributed by atoms with Crippen LogP contribution in [0.1, 0.15) is 12.8 Å². The number of hydrogen-bond donors (Lipinski definition) is 3. The molecule has 0 aromatic rings. The number of nitrogens with zero attached hydrogens (tertiary/aromatic N) is 1. The van der Waals surface area contributed by atoms with Crippen LogP contribution >= 0.6 is 0 Å². The Hall–Kier alpha value is -1.34. The molecule has 0 saturated carbocycles.